The molecular formula is C11H15NO4. The Morgan fingerprint density at radius 3 is 2.56 bits per heavy atom. The maximum Gasteiger partial charge on any atom is 0.321 e. The van der Waals surface area contributed by atoms with Gasteiger partial charge in [-0.1, -0.05) is 11.6 Å². The first-order valence-corrected chi connectivity index (χ1v) is 5.09. The van der Waals surface area contributed by atoms with Gasteiger partial charge in [0.2, 0.25) is 0 Å². The van der Waals surface area contributed by atoms with Crippen molar-refractivity contribution >= 4 is 18.3 Å². The highest BCUT2D eigenvalue weighted by Crippen LogP contribution is 2.18. The molecule has 0 saturated carbocycles. The van der Waals surface area contributed by atoms with Crippen LogP contribution in [0.3, 0.4) is 0 Å². The van der Waals surface area contributed by atoms with Crippen LogP contribution >= 0.6 is 0 Å². The third-order valence-corrected chi connectivity index (χ3v) is 1.93. The second-order valence-corrected chi connectivity index (χ2v) is 3.73. The van der Waals surface area contributed by atoms with Crippen LogP contribution in [-0.4, -0.2) is 31.5 Å². The molecule has 0 bridgehead atoms. The van der Waals surface area contributed by atoms with E-state index >= 15 is 0 Å². The van der Waals surface area contributed by atoms with E-state index in [0.29, 0.717) is 0 Å². The maximum atomic E-state index is 10.8. The van der Waals surface area contributed by atoms with Gasteiger partial charge in [0, 0.05) is 0 Å². The van der Waals surface area contributed by atoms with Crippen LogP contribution < -0.4 is 0 Å². The van der Waals surface area contributed by atoms with Crippen LogP contribution in [0.2, 0.25) is 0 Å². The maximum absolute atomic E-state index is 10.8. The molecule has 0 amide bonds. The predicted molar refractivity (Wildman–Crippen MR) is 57.9 cm³/mol. The number of carbonyl (C=O) groups is 2. The molecule has 1 saturated heterocycles. The third-order valence-electron chi connectivity index (χ3n) is 1.93. The quantitative estimate of drug-likeness (QED) is 0.380. The summed E-state index contributed by atoms with van der Waals surface area (Å²) < 4.78 is 9.01. The van der Waals surface area contributed by atoms with E-state index in [0.717, 1.165) is 18.7 Å². The van der Waals surface area contributed by atoms with E-state index in [1.54, 1.807) is 6.08 Å². The molecule has 2 aliphatic heterocycles. The molecule has 0 aromatic carbocycles. The Labute approximate surface area is 94.1 Å². The molecule has 5 heteroatoms. The minimum absolute atomic E-state index is 0.198. The van der Waals surface area contributed by atoms with Gasteiger partial charge < -0.3 is 9.47 Å². The summed E-state index contributed by atoms with van der Waals surface area (Å²) in [5.74, 6) is -1.18. The van der Waals surface area contributed by atoms with Gasteiger partial charge in [0.1, 0.15) is 6.61 Å². The number of cyclic esters (lactones) is 2. The number of allylic oxidation sites excluding steroid dienone is 1. The molecule has 5 nitrogen and oxygen atoms in total. The van der Waals surface area contributed by atoms with Crippen molar-refractivity contribution in [1.82, 2.24) is 0 Å². The Morgan fingerprint density at radius 1 is 1.50 bits per heavy atom. The number of carbonyl (C=O) groups excluding carboxylic acids is 2. The third kappa shape index (κ3) is 4.25. The predicted octanol–water partition coefficient (Wildman–Crippen LogP) is 1.09. The monoisotopic (exact) mass is 225 g/mol. The van der Waals surface area contributed by atoms with Crippen LogP contribution in [0.25, 0.3) is 0 Å². The Balaban J connectivity index is 0.000000212. The van der Waals surface area contributed by atoms with Gasteiger partial charge in [-0.3, -0.25) is 14.6 Å². The molecule has 0 aromatic heterocycles. The Hall–Kier alpha value is -1.65. The van der Waals surface area contributed by atoms with Crippen molar-refractivity contribution < 1.29 is 19.1 Å². The van der Waals surface area contributed by atoms with Gasteiger partial charge in [0.15, 0.2) is 6.40 Å². The first-order valence-electron chi connectivity index (χ1n) is 5.09. The van der Waals surface area contributed by atoms with Crippen LogP contribution in [0.5, 0.6) is 0 Å². The number of nitrogens with zero attached hydrogens (tertiary/aromatic N) is 1. The molecular weight excluding hydrogens is 210 g/mol. The van der Waals surface area contributed by atoms with Crippen LogP contribution in [0.4, 0.5) is 0 Å². The zero-order valence-electron chi connectivity index (χ0n) is 9.43. The van der Waals surface area contributed by atoms with Crippen molar-refractivity contribution in [3.63, 3.8) is 0 Å². The van der Waals surface area contributed by atoms with E-state index in [4.69, 9.17) is 0 Å². The van der Waals surface area contributed by atoms with E-state index in [9.17, 15) is 9.59 Å². The summed E-state index contributed by atoms with van der Waals surface area (Å²) in [5, 5.41) is 0. The lowest BCUT2D eigenvalue weighted by Gasteiger charge is -1.95. The summed E-state index contributed by atoms with van der Waals surface area (Å²) >= 11 is 0. The highest BCUT2D eigenvalue weighted by atomic mass is 16.6. The van der Waals surface area contributed by atoms with Gasteiger partial charge >= 0.3 is 11.9 Å². The standard InChI is InChI=1S/C8H10O3.C3H5NO/c1-5(2)3-6-4-7(9)11-8(6)10;1-2-5-3-4-1/h3,6H,4H2,1-2H3;3H,1-2H2. The number of hydrogen-bond donors (Lipinski definition) is 0. The van der Waals surface area contributed by atoms with Gasteiger partial charge in [-0.25, -0.2) is 0 Å². The topological polar surface area (TPSA) is 65.0 Å². The van der Waals surface area contributed by atoms with Crippen LogP contribution in [-0.2, 0) is 19.1 Å². The second kappa shape index (κ2) is 6.05. The fourth-order valence-electron chi connectivity index (χ4n) is 1.29. The summed E-state index contributed by atoms with van der Waals surface area (Å²) in [6, 6.07) is 0. The zero-order chi connectivity index (χ0) is 12.0. The normalized spacial score (nSPS) is 22.0. The van der Waals surface area contributed by atoms with Crippen LogP contribution in [0.15, 0.2) is 16.6 Å². The van der Waals surface area contributed by atoms with E-state index in [-0.39, 0.29) is 12.3 Å². The molecule has 0 aliphatic carbocycles. The molecule has 16 heavy (non-hydrogen) atoms. The summed E-state index contributed by atoms with van der Waals surface area (Å²) in [5.41, 5.74) is 1.03. The highest BCUT2D eigenvalue weighted by Gasteiger charge is 2.31. The number of esters is 2. The van der Waals surface area contributed by atoms with E-state index < -0.39 is 11.9 Å². The number of ether oxygens (including phenoxy) is 2. The molecule has 0 radical (unpaired) electrons. The molecule has 1 fully saturated rings. The van der Waals surface area contributed by atoms with Crippen LogP contribution in [0.1, 0.15) is 20.3 Å². The summed E-state index contributed by atoms with van der Waals surface area (Å²) in [6.07, 6.45) is 3.44. The molecule has 1 atom stereocenters. The molecule has 0 N–H and O–H groups in total. The van der Waals surface area contributed by atoms with Crippen molar-refractivity contribution in [2.24, 2.45) is 10.9 Å². The van der Waals surface area contributed by atoms with Gasteiger partial charge in [0.05, 0.1) is 18.9 Å². The molecule has 2 rings (SSSR count). The lowest BCUT2D eigenvalue weighted by atomic mass is 10.1. The lowest BCUT2D eigenvalue weighted by molar-refractivity contribution is -0.152. The Bertz CT molecular complexity index is 323. The molecule has 2 heterocycles. The fourth-order valence-corrected chi connectivity index (χ4v) is 1.29. The first-order chi connectivity index (χ1) is 7.59. The summed E-state index contributed by atoms with van der Waals surface area (Å²) in [6.45, 7) is 5.39. The Kier molecular flexibility index (Phi) is 4.69. The molecule has 88 valence electrons. The van der Waals surface area contributed by atoms with Gasteiger partial charge in [-0.05, 0) is 13.8 Å². The number of rotatable bonds is 1. The lowest BCUT2D eigenvalue weighted by Crippen LogP contribution is -2.04. The second-order valence-electron chi connectivity index (χ2n) is 3.73. The number of hydrogen-bond acceptors (Lipinski definition) is 5. The van der Waals surface area contributed by atoms with E-state index in [1.165, 1.54) is 6.40 Å². The Morgan fingerprint density at radius 2 is 2.25 bits per heavy atom. The molecule has 1 unspecified atom stereocenters. The fraction of sp³-hybridized carbons (Fsp3) is 0.545. The van der Waals surface area contributed by atoms with Gasteiger partial charge in [-0.2, -0.15) is 0 Å². The largest absolute Gasteiger partial charge is 0.482 e. The minimum atomic E-state index is -0.420. The van der Waals surface area contributed by atoms with Crippen LogP contribution in [0, 0.1) is 5.92 Å². The van der Waals surface area contributed by atoms with Crippen molar-refractivity contribution in [2.45, 2.75) is 20.3 Å². The van der Waals surface area contributed by atoms with E-state index in [1.807, 2.05) is 13.8 Å². The van der Waals surface area contributed by atoms with Crippen molar-refractivity contribution in [1.29, 1.82) is 0 Å². The minimum Gasteiger partial charge on any atom is -0.482 e. The first kappa shape index (κ1) is 12.4. The van der Waals surface area contributed by atoms with E-state index in [2.05, 4.69) is 14.5 Å². The van der Waals surface area contributed by atoms with Crippen molar-refractivity contribution in [2.75, 3.05) is 13.2 Å². The summed E-state index contributed by atoms with van der Waals surface area (Å²) in [7, 11) is 0. The number of aliphatic imine (C=N–C) groups is 1. The SMILES string of the molecule is C1=NCCO1.CC(C)=CC1CC(=O)OC1=O. The average molecular weight is 225 g/mol. The summed E-state index contributed by atoms with van der Waals surface area (Å²) in [4.78, 5) is 25.1. The zero-order valence-corrected chi connectivity index (χ0v) is 9.43. The highest BCUT2D eigenvalue weighted by molar-refractivity contribution is 5.95. The average Bonchev–Trinajstić information content (AvgIpc) is 2.79. The van der Waals surface area contributed by atoms with Gasteiger partial charge in [0.25, 0.3) is 0 Å². The van der Waals surface area contributed by atoms with Crippen molar-refractivity contribution in [3.8, 4) is 0 Å². The molecule has 0 spiro atoms. The molecule has 2 aliphatic rings. The van der Waals surface area contributed by atoms with Gasteiger partial charge in [-0.15, -0.1) is 0 Å². The smallest absolute Gasteiger partial charge is 0.321 e. The van der Waals surface area contributed by atoms with Crippen molar-refractivity contribution in [3.05, 3.63) is 11.6 Å². The molecule has 0 aromatic rings.